The monoisotopic (exact) mass is 377 g/mol. The van der Waals surface area contributed by atoms with Gasteiger partial charge in [-0.2, -0.15) is 0 Å². The Bertz CT molecular complexity index is 511. The Labute approximate surface area is 137 Å². The van der Waals surface area contributed by atoms with Gasteiger partial charge in [-0.15, -0.1) is 11.8 Å². The van der Waals surface area contributed by atoms with E-state index in [0.717, 1.165) is 11.3 Å². The van der Waals surface area contributed by atoms with E-state index in [0.29, 0.717) is 4.47 Å². The second kappa shape index (κ2) is 8.03. The highest BCUT2D eigenvalue weighted by atomic mass is 79.9. The van der Waals surface area contributed by atoms with Crippen molar-refractivity contribution in [3.63, 3.8) is 0 Å². The lowest BCUT2D eigenvalue weighted by Crippen LogP contribution is -2.28. The SMILES string of the molecule is CCC(C)OC(=O)C(Sc1cc(N)c(F)cc1Br)C(C)C. The van der Waals surface area contributed by atoms with Gasteiger partial charge >= 0.3 is 5.97 Å². The summed E-state index contributed by atoms with van der Waals surface area (Å²) in [5.74, 6) is -0.640. The smallest absolute Gasteiger partial charge is 0.319 e. The van der Waals surface area contributed by atoms with Gasteiger partial charge < -0.3 is 10.5 Å². The van der Waals surface area contributed by atoms with E-state index in [-0.39, 0.29) is 28.9 Å². The standard InChI is InChI=1S/C15H21BrFNO2S/c1-5-9(4)20-15(19)14(8(2)3)21-13-7-12(18)11(17)6-10(13)16/h6-9,14H,5,18H2,1-4H3. The van der Waals surface area contributed by atoms with Gasteiger partial charge in [0.1, 0.15) is 11.1 Å². The number of esters is 1. The minimum absolute atomic E-state index is 0.0681. The molecule has 0 spiro atoms. The summed E-state index contributed by atoms with van der Waals surface area (Å²) >= 11 is 4.64. The maximum Gasteiger partial charge on any atom is 0.319 e. The first-order chi connectivity index (χ1) is 9.76. The van der Waals surface area contributed by atoms with E-state index < -0.39 is 5.82 Å². The molecular weight excluding hydrogens is 357 g/mol. The normalized spacial score (nSPS) is 14.0. The highest BCUT2D eigenvalue weighted by Gasteiger charge is 2.27. The minimum atomic E-state index is -0.477. The van der Waals surface area contributed by atoms with Crippen molar-refractivity contribution in [1.82, 2.24) is 0 Å². The minimum Gasteiger partial charge on any atom is -0.462 e. The number of benzene rings is 1. The number of ether oxygens (including phenoxy) is 1. The van der Waals surface area contributed by atoms with Crippen molar-refractivity contribution >= 4 is 39.3 Å². The number of hydrogen-bond donors (Lipinski definition) is 1. The van der Waals surface area contributed by atoms with Crippen molar-refractivity contribution in [2.24, 2.45) is 5.92 Å². The molecule has 0 aliphatic carbocycles. The Morgan fingerprint density at radius 3 is 2.57 bits per heavy atom. The number of nitrogens with two attached hydrogens (primary N) is 1. The number of thioether (sulfide) groups is 1. The van der Waals surface area contributed by atoms with Gasteiger partial charge in [0.25, 0.3) is 0 Å². The molecule has 21 heavy (non-hydrogen) atoms. The number of hydrogen-bond acceptors (Lipinski definition) is 4. The quantitative estimate of drug-likeness (QED) is 0.446. The largest absolute Gasteiger partial charge is 0.462 e. The third kappa shape index (κ3) is 5.18. The van der Waals surface area contributed by atoms with Crippen LogP contribution in [0.5, 0.6) is 0 Å². The van der Waals surface area contributed by atoms with Crippen LogP contribution >= 0.6 is 27.7 Å². The zero-order valence-electron chi connectivity index (χ0n) is 12.7. The second-order valence-electron chi connectivity index (χ2n) is 5.24. The highest BCUT2D eigenvalue weighted by Crippen LogP contribution is 2.36. The van der Waals surface area contributed by atoms with Crippen LogP contribution < -0.4 is 5.73 Å². The molecule has 2 N–H and O–H groups in total. The van der Waals surface area contributed by atoms with Crippen LogP contribution in [-0.2, 0) is 9.53 Å². The average Bonchev–Trinajstić information content (AvgIpc) is 2.40. The molecule has 0 amide bonds. The van der Waals surface area contributed by atoms with Crippen molar-refractivity contribution < 1.29 is 13.9 Å². The molecule has 6 heteroatoms. The van der Waals surface area contributed by atoms with Gasteiger partial charge in [0.2, 0.25) is 0 Å². The number of anilines is 1. The van der Waals surface area contributed by atoms with E-state index in [4.69, 9.17) is 10.5 Å². The van der Waals surface area contributed by atoms with Crippen molar-refractivity contribution in [2.75, 3.05) is 5.73 Å². The molecule has 0 saturated heterocycles. The van der Waals surface area contributed by atoms with Crippen LogP contribution in [0.3, 0.4) is 0 Å². The van der Waals surface area contributed by atoms with Crippen molar-refractivity contribution in [2.45, 2.75) is 50.4 Å². The fraction of sp³-hybridized carbons (Fsp3) is 0.533. The lowest BCUT2D eigenvalue weighted by Gasteiger charge is -2.22. The number of carbonyl (C=O) groups is 1. The molecule has 0 bridgehead atoms. The van der Waals surface area contributed by atoms with Gasteiger partial charge in [0, 0.05) is 9.37 Å². The van der Waals surface area contributed by atoms with Gasteiger partial charge in [-0.05, 0) is 47.3 Å². The van der Waals surface area contributed by atoms with E-state index in [1.54, 1.807) is 0 Å². The van der Waals surface area contributed by atoms with Gasteiger partial charge in [0.15, 0.2) is 0 Å². The van der Waals surface area contributed by atoms with Crippen LogP contribution in [0.15, 0.2) is 21.5 Å². The van der Waals surface area contributed by atoms with Crippen molar-refractivity contribution in [3.8, 4) is 0 Å². The maximum absolute atomic E-state index is 13.4. The van der Waals surface area contributed by atoms with Gasteiger partial charge in [0.05, 0.1) is 11.8 Å². The van der Waals surface area contributed by atoms with E-state index in [2.05, 4.69) is 15.9 Å². The molecule has 118 valence electrons. The maximum atomic E-state index is 13.4. The second-order valence-corrected chi connectivity index (χ2v) is 7.28. The summed E-state index contributed by atoms with van der Waals surface area (Å²) < 4.78 is 19.4. The van der Waals surface area contributed by atoms with Gasteiger partial charge in [-0.1, -0.05) is 20.8 Å². The molecule has 0 aromatic heterocycles. The Morgan fingerprint density at radius 1 is 1.43 bits per heavy atom. The third-order valence-corrected chi connectivity index (χ3v) is 5.54. The zero-order chi connectivity index (χ0) is 16.2. The summed E-state index contributed by atoms with van der Waals surface area (Å²) in [4.78, 5) is 13.0. The molecular formula is C15H21BrFNO2S. The summed E-state index contributed by atoms with van der Waals surface area (Å²) in [5, 5.41) is -0.361. The Hall–Kier alpha value is -0.750. The zero-order valence-corrected chi connectivity index (χ0v) is 15.1. The molecule has 2 unspecified atom stereocenters. The highest BCUT2D eigenvalue weighted by molar-refractivity contribution is 9.10. The summed E-state index contributed by atoms with van der Waals surface area (Å²) in [5.41, 5.74) is 5.66. The van der Waals surface area contributed by atoms with E-state index in [1.165, 1.54) is 23.9 Å². The Balaban J connectivity index is 2.94. The van der Waals surface area contributed by atoms with E-state index in [1.807, 2.05) is 27.7 Å². The average molecular weight is 378 g/mol. The summed E-state index contributed by atoms with van der Waals surface area (Å²) in [7, 11) is 0. The van der Waals surface area contributed by atoms with Gasteiger partial charge in [-0.25, -0.2) is 4.39 Å². The number of halogens is 2. The molecule has 0 saturated carbocycles. The first kappa shape index (κ1) is 18.3. The van der Waals surface area contributed by atoms with Crippen LogP contribution in [-0.4, -0.2) is 17.3 Å². The topological polar surface area (TPSA) is 52.3 Å². The van der Waals surface area contributed by atoms with E-state index in [9.17, 15) is 9.18 Å². The molecule has 1 rings (SSSR count). The summed E-state index contributed by atoms with van der Waals surface area (Å²) in [6.45, 7) is 7.74. The molecule has 0 radical (unpaired) electrons. The predicted octanol–water partition coefficient (Wildman–Crippen LogP) is 4.63. The van der Waals surface area contributed by atoms with Crippen LogP contribution in [0.1, 0.15) is 34.1 Å². The van der Waals surface area contributed by atoms with Crippen LogP contribution in [0.25, 0.3) is 0 Å². The Morgan fingerprint density at radius 2 is 2.05 bits per heavy atom. The fourth-order valence-electron chi connectivity index (χ4n) is 1.58. The molecule has 0 fully saturated rings. The molecule has 1 aromatic rings. The first-order valence-corrected chi connectivity index (χ1v) is 8.55. The fourth-order valence-corrected chi connectivity index (χ4v) is 3.24. The molecule has 2 atom stereocenters. The van der Waals surface area contributed by atoms with Gasteiger partial charge in [-0.3, -0.25) is 4.79 Å². The molecule has 3 nitrogen and oxygen atoms in total. The summed E-state index contributed by atoms with van der Waals surface area (Å²) in [6, 6.07) is 2.85. The number of carbonyl (C=O) groups excluding carboxylic acids is 1. The summed E-state index contributed by atoms with van der Waals surface area (Å²) in [6.07, 6.45) is 0.662. The van der Waals surface area contributed by atoms with Crippen molar-refractivity contribution in [3.05, 3.63) is 22.4 Å². The molecule has 0 aliphatic heterocycles. The number of rotatable bonds is 6. The predicted molar refractivity (Wildman–Crippen MR) is 88.8 cm³/mol. The first-order valence-electron chi connectivity index (χ1n) is 6.87. The molecule has 0 aliphatic rings. The number of nitrogen functional groups attached to an aromatic ring is 1. The van der Waals surface area contributed by atoms with E-state index >= 15 is 0 Å². The van der Waals surface area contributed by atoms with Crippen LogP contribution in [0, 0.1) is 11.7 Å². The lowest BCUT2D eigenvalue weighted by atomic mass is 10.1. The lowest BCUT2D eigenvalue weighted by molar-refractivity contribution is -0.148. The van der Waals surface area contributed by atoms with Crippen LogP contribution in [0.2, 0.25) is 0 Å². The molecule has 0 heterocycles. The van der Waals surface area contributed by atoms with Crippen molar-refractivity contribution in [1.29, 1.82) is 0 Å². The van der Waals surface area contributed by atoms with Crippen LogP contribution in [0.4, 0.5) is 10.1 Å². The third-order valence-electron chi connectivity index (χ3n) is 3.04. The Kier molecular flexibility index (Phi) is 7.00. The molecule has 1 aromatic carbocycles.